The Morgan fingerprint density at radius 1 is 0.905 bits per heavy atom. The lowest BCUT2D eigenvalue weighted by Crippen LogP contribution is -2.47. The maximum atomic E-state index is 11.8. The molecule has 0 atom stereocenters. The van der Waals surface area contributed by atoms with Gasteiger partial charge in [0.25, 0.3) is 0 Å². The molecular weight excluding hydrogens is 272 g/mol. The Hall–Kier alpha value is -1.83. The highest BCUT2D eigenvalue weighted by atomic mass is 16.5. The SMILES string of the molecule is CN(C)C(=O)/N=C(/N=C(\N(C)C)N1CCOCC1)N(C)C. The number of ether oxygens (including phenoxy) is 1. The lowest BCUT2D eigenvalue weighted by Gasteiger charge is -2.33. The Balaban J connectivity index is 3.05. The summed E-state index contributed by atoms with van der Waals surface area (Å²) in [6.45, 7) is 2.91. The van der Waals surface area contributed by atoms with Crippen LogP contribution in [-0.2, 0) is 4.74 Å². The van der Waals surface area contributed by atoms with E-state index in [0.29, 0.717) is 19.2 Å². The van der Waals surface area contributed by atoms with E-state index in [4.69, 9.17) is 4.74 Å². The van der Waals surface area contributed by atoms with Gasteiger partial charge >= 0.3 is 6.03 Å². The van der Waals surface area contributed by atoms with Gasteiger partial charge in [-0.2, -0.15) is 9.98 Å². The number of morpholine rings is 1. The highest BCUT2D eigenvalue weighted by Gasteiger charge is 2.18. The summed E-state index contributed by atoms with van der Waals surface area (Å²) in [5.74, 6) is 1.15. The normalized spacial score (nSPS) is 16.8. The number of carbonyl (C=O) groups excluding carboxylic acids is 1. The Kier molecular flexibility index (Phi) is 6.41. The predicted octanol–water partition coefficient (Wildman–Crippen LogP) is -0.165. The van der Waals surface area contributed by atoms with Crippen molar-refractivity contribution >= 4 is 18.0 Å². The van der Waals surface area contributed by atoms with Crippen LogP contribution >= 0.6 is 0 Å². The van der Waals surface area contributed by atoms with Gasteiger partial charge in [0.2, 0.25) is 11.9 Å². The molecule has 0 aromatic rings. The summed E-state index contributed by atoms with van der Waals surface area (Å²) in [5, 5.41) is 0. The van der Waals surface area contributed by atoms with Crippen molar-refractivity contribution in [3.8, 4) is 0 Å². The van der Waals surface area contributed by atoms with Crippen LogP contribution in [0.1, 0.15) is 0 Å². The Labute approximate surface area is 126 Å². The molecule has 21 heavy (non-hydrogen) atoms. The van der Waals surface area contributed by atoms with Crippen molar-refractivity contribution in [3.63, 3.8) is 0 Å². The maximum Gasteiger partial charge on any atom is 0.346 e. The molecule has 1 fully saturated rings. The van der Waals surface area contributed by atoms with Gasteiger partial charge < -0.3 is 24.3 Å². The minimum atomic E-state index is -0.331. The van der Waals surface area contributed by atoms with Gasteiger partial charge in [-0.05, 0) is 0 Å². The molecule has 0 radical (unpaired) electrons. The van der Waals surface area contributed by atoms with Gasteiger partial charge in [-0.25, -0.2) is 4.79 Å². The molecule has 1 saturated heterocycles. The summed E-state index contributed by atoms with van der Waals surface area (Å²) in [6, 6.07) is -0.331. The first kappa shape index (κ1) is 17.2. The standard InChI is InChI=1S/C13H26N6O2/c1-16(2)11(15-13(20)18(5)6)14-12(17(3)4)19-7-9-21-10-8-19/h7-10H2,1-6H3/b14-12+,15-11-. The molecule has 1 aliphatic rings. The number of rotatable bonds is 0. The van der Waals surface area contributed by atoms with Gasteiger partial charge in [0.1, 0.15) is 0 Å². The molecule has 0 aromatic heterocycles. The van der Waals surface area contributed by atoms with Crippen LogP contribution in [0, 0.1) is 0 Å². The van der Waals surface area contributed by atoms with Crippen LogP contribution in [0.25, 0.3) is 0 Å². The quantitative estimate of drug-likeness (QED) is 0.459. The number of aliphatic imine (C=N–C) groups is 2. The smallest absolute Gasteiger partial charge is 0.346 e. The van der Waals surface area contributed by atoms with Gasteiger partial charge in [-0.3, -0.25) is 0 Å². The molecule has 0 bridgehead atoms. The molecule has 120 valence electrons. The zero-order chi connectivity index (χ0) is 16.0. The molecule has 1 heterocycles. The summed E-state index contributed by atoms with van der Waals surface area (Å²) >= 11 is 0. The number of guanidine groups is 2. The molecule has 2 amide bonds. The van der Waals surface area contributed by atoms with Crippen molar-refractivity contribution in [2.24, 2.45) is 9.98 Å². The van der Waals surface area contributed by atoms with E-state index < -0.39 is 0 Å². The monoisotopic (exact) mass is 298 g/mol. The van der Waals surface area contributed by atoms with Gasteiger partial charge in [-0.15, -0.1) is 0 Å². The van der Waals surface area contributed by atoms with Crippen LogP contribution < -0.4 is 0 Å². The number of nitrogens with zero attached hydrogens (tertiary/aromatic N) is 6. The van der Waals surface area contributed by atoms with Crippen LogP contribution in [0.2, 0.25) is 0 Å². The van der Waals surface area contributed by atoms with Crippen molar-refractivity contribution in [3.05, 3.63) is 0 Å². The third kappa shape index (κ3) is 5.22. The Bertz CT molecular complexity index is 411. The fourth-order valence-corrected chi connectivity index (χ4v) is 1.72. The number of amides is 2. The van der Waals surface area contributed by atoms with Gasteiger partial charge in [-0.1, -0.05) is 0 Å². The fourth-order valence-electron chi connectivity index (χ4n) is 1.72. The van der Waals surface area contributed by atoms with Crippen LogP contribution in [0.5, 0.6) is 0 Å². The summed E-state index contributed by atoms with van der Waals surface area (Å²) in [4.78, 5) is 27.6. The summed E-state index contributed by atoms with van der Waals surface area (Å²) in [6.07, 6.45) is 0. The van der Waals surface area contributed by atoms with E-state index in [9.17, 15) is 4.79 Å². The highest BCUT2D eigenvalue weighted by molar-refractivity contribution is 5.99. The molecule has 0 saturated carbocycles. The third-order valence-corrected chi connectivity index (χ3v) is 2.87. The first-order valence-electron chi connectivity index (χ1n) is 6.89. The first-order chi connectivity index (χ1) is 9.82. The van der Waals surface area contributed by atoms with Crippen molar-refractivity contribution in [1.29, 1.82) is 0 Å². The first-order valence-corrected chi connectivity index (χ1v) is 6.89. The van der Waals surface area contributed by atoms with Crippen LogP contribution in [-0.4, -0.2) is 106 Å². The van der Waals surface area contributed by atoms with Crippen molar-refractivity contribution in [2.75, 3.05) is 68.6 Å². The second kappa shape index (κ2) is 7.82. The van der Waals surface area contributed by atoms with Gasteiger partial charge in [0.15, 0.2) is 0 Å². The zero-order valence-corrected chi connectivity index (χ0v) is 13.8. The predicted molar refractivity (Wildman–Crippen MR) is 83.7 cm³/mol. The molecule has 0 aromatic carbocycles. The number of urea groups is 1. The van der Waals surface area contributed by atoms with E-state index in [0.717, 1.165) is 19.0 Å². The Morgan fingerprint density at radius 2 is 1.48 bits per heavy atom. The van der Waals surface area contributed by atoms with E-state index >= 15 is 0 Å². The summed E-state index contributed by atoms with van der Waals surface area (Å²) in [5.41, 5.74) is 0. The second-order valence-electron chi connectivity index (χ2n) is 5.39. The lowest BCUT2D eigenvalue weighted by atomic mass is 10.4. The van der Waals surface area contributed by atoms with E-state index in [-0.39, 0.29) is 6.03 Å². The van der Waals surface area contributed by atoms with Gasteiger partial charge in [0, 0.05) is 55.4 Å². The fraction of sp³-hybridized carbons (Fsp3) is 0.769. The third-order valence-electron chi connectivity index (χ3n) is 2.87. The zero-order valence-electron chi connectivity index (χ0n) is 13.8. The van der Waals surface area contributed by atoms with E-state index in [1.54, 1.807) is 19.0 Å². The average molecular weight is 298 g/mol. The molecule has 8 heteroatoms. The molecule has 0 unspecified atom stereocenters. The van der Waals surface area contributed by atoms with Crippen LogP contribution in [0.3, 0.4) is 0 Å². The average Bonchev–Trinajstić information content (AvgIpc) is 2.43. The molecule has 8 nitrogen and oxygen atoms in total. The molecular formula is C13H26N6O2. The summed E-state index contributed by atoms with van der Waals surface area (Å²) < 4.78 is 5.36. The van der Waals surface area contributed by atoms with E-state index in [1.807, 2.05) is 33.1 Å². The minimum absolute atomic E-state index is 0.331. The maximum absolute atomic E-state index is 11.8. The number of carbonyl (C=O) groups is 1. The lowest BCUT2D eigenvalue weighted by molar-refractivity contribution is 0.0638. The Morgan fingerprint density at radius 3 is 1.90 bits per heavy atom. The highest BCUT2D eigenvalue weighted by Crippen LogP contribution is 2.03. The molecule has 0 aliphatic carbocycles. The second-order valence-corrected chi connectivity index (χ2v) is 5.39. The number of hydrogen-bond acceptors (Lipinski definition) is 2. The van der Waals surface area contributed by atoms with Crippen LogP contribution in [0.4, 0.5) is 4.79 Å². The molecule has 0 N–H and O–H groups in total. The topological polar surface area (TPSA) is 64.0 Å². The van der Waals surface area contributed by atoms with Crippen molar-refractivity contribution < 1.29 is 9.53 Å². The largest absolute Gasteiger partial charge is 0.378 e. The van der Waals surface area contributed by atoms with Crippen LogP contribution in [0.15, 0.2) is 9.98 Å². The number of hydrogen-bond donors (Lipinski definition) is 0. The van der Waals surface area contributed by atoms with E-state index in [2.05, 4.69) is 14.9 Å². The molecule has 1 aliphatic heterocycles. The minimum Gasteiger partial charge on any atom is -0.378 e. The molecule has 1 rings (SSSR count). The summed E-state index contributed by atoms with van der Waals surface area (Å²) in [7, 11) is 10.8. The van der Waals surface area contributed by atoms with E-state index in [1.165, 1.54) is 4.90 Å². The van der Waals surface area contributed by atoms with Crippen molar-refractivity contribution in [1.82, 2.24) is 19.6 Å². The van der Waals surface area contributed by atoms with Gasteiger partial charge in [0.05, 0.1) is 13.2 Å². The van der Waals surface area contributed by atoms with Crippen molar-refractivity contribution in [2.45, 2.75) is 0 Å². The molecule has 0 spiro atoms.